The fourth-order valence-electron chi connectivity index (χ4n) is 7.36. The smallest absolute Gasteiger partial charge is 0.164 e. The standard InChI is InChI=1S/C51H32N4S/c1-4-15-33(16-5-1)36-27-29-45-42(31-36)38-21-10-12-25-44(38)55(45)46-30-28-37(32-43(46)41-24-14-23-40-39-22-11-13-26-47(39)56-48(40)41)51-53-49(34-17-6-2-7-18-34)52-50(54-51)35-19-8-3-9-20-35/h1-32H/i1D,4D,5D,10D,15D,16D,21D,25D,29D,31D. The third-order valence-corrected chi connectivity index (χ3v) is 11.1. The zero-order chi connectivity index (χ0) is 45.7. The number of para-hydroxylation sites is 1. The quantitative estimate of drug-likeness (QED) is 0.170. The Morgan fingerprint density at radius 2 is 1.11 bits per heavy atom. The van der Waals surface area contributed by atoms with Gasteiger partial charge in [0.25, 0.3) is 0 Å². The molecule has 56 heavy (non-hydrogen) atoms. The molecule has 0 radical (unpaired) electrons. The van der Waals surface area contributed by atoms with Crippen LogP contribution in [-0.2, 0) is 0 Å². The molecule has 0 amide bonds. The molecule has 0 saturated heterocycles. The lowest BCUT2D eigenvalue weighted by Gasteiger charge is -2.17. The minimum Gasteiger partial charge on any atom is -0.309 e. The van der Waals surface area contributed by atoms with E-state index in [1.165, 1.54) is 12.1 Å². The second kappa shape index (κ2) is 13.3. The minimum atomic E-state index is -0.593. The number of benzene rings is 8. The lowest BCUT2D eigenvalue weighted by molar-refractivity contribution is 1.07. The van der Waals surface area contributed by atoms with Crippen LogP contribution in [0.1, 0.15) is 13.7 Å². The van der Waals surface area contributed by atoms with Gasteiger partial charge in [-0.1, -0.05) is 151 Å². The average Bonchev–Trinajstić information content (AvgIpc) is 3.92. The molecule has 3 heterocycles. The largest absolute Gasteiger partial charge is 0.309 e. The van der Waals surface area contributed by atoms with Gasteiger partial charge in [-0.25, -0.2) is 15.0 Å². The van der Waals surface area contributed by atoms with Crippen molar-refractivity contribution in [2.45, 2.75) is 0 Å². The van der Waals surface area contributed by atoms with Gasteiger partial charge < -0.3 is 4.57 Å². The van der Waals surface area contributed by atoms with Gasteiger partial charge in [-0.3, -0.25) is 0 Å². The van der Waals surface area contributed by atoms with Crippen molar-refractivity contribution in [1.29, 1.82) is 0 Å². The first-order valence-electron chi connectivity index (χ1n) is 23.0. The second-order valence-electron chi connectivity index (χ2n) is 13.2. The lowest BCUT2D eigenvalue weighted by atomic mass is 9.98. The Kier molecular flexibility index (Phi) is 5.58. The summed E-state index contributed by atoms with van der Waals surface area (Å²) in [6.07, 6.45) is 0. The SMILES string of the molecule is [2H]c1cc([2H])c2c(c1[2H])c1c([2H])c(-c3c([2H])c([2H])c([2H])c([2H])c3[2H])cc([2H])c1n2-c1ccc(-c2nc(-c3ccccc3)nc(-c3ccccc3)n2)cc1-c1cccc2c1sc1ccccc12. The number of fused-ring (bicyclic) bond motifs is 6. The van der Waals surface area contributed by atoms with E-state index in [1.807, 2.05) is 103 Å². The van der Waals surface area contributed by atoms with Crippen LogP contribution in [0.4, 0.5) is 0 Å². The van der Waals surface area contributed by atoms with Crippen molar-refractivity contribution in [1.82, 2.24) is 19.5 Å². The highest BCUT2D eigenvalue weighted by Gasteiger charge is 2.21. The molecule has 0 aliphatic rings. The molecule has 11 rings (SSSR count). The van der Waals surface area contributed by atoms with Crippen LogP contribution in [0.25, 0.3) is 104 Å². The summed E-state index contributed by atoms with van der Waals surface area (Å²) in [6, 6.07) is 37.8. The summed E-state index contributed by atoms with van der Waals surface area (Å²) in [5.41, 5.74) is 4.18. The van der Waals surface area contributed by atoms with Crippen molar-refractivity contribution in [2.24, 2.45) is 0 Å². The van der Waals surface area contributed by atoms with Crippen LogP contribution in [-0.4, -0.2) is 19.5 Å². The van der Waals surface area contributed by atoms with Gasteiger partial charge >= 0.3 is 0 Å². The van der Waals surface area contributed by atoms with E-state index in [-0.39, 0.29) is 63.1 Å². The fourth-order valence-corrected chi connectivity index (χ4v) is 8.59. The molecule has 0 bridgehead atoms. The number of hydrogen-bond donors (Lipinski definition) is 0. The highest BCUT2D eigenvalue weighted by Crippen LogP contribution is 2.44. The summed E-state index contributed by atoms with van der Waals surface area (Å²) in [4.78, 5) is 15.0. The average molecular weight is 743 g/mol. The molecule has 262 valence electrons. The first-order valence-corrected chi connectivity index (χ1v) is 18.8. The molecule has 5 heteroatoms. The maximum atomic E-state index is 9.71. The van der Waals surface area contributed by atoms with Crippen LogP contribution in [0, 0.1) is 0 Å². The summed E-state index contributed by atoms with van der Waals surface area (Å²) < 4.78 is 93.1. The van der Waals surface area contributed by atoms with Crippen LogP contribution in [0.5, 0.6) is 0 Å². The van der Waals surface area contributed by atoms with Gasteiger partial charge in [-0.15, -0.1) is 11.3 Å². The molecular weight excluding hydrogens is 701 g/mol. The van der Waals surface area contributed by atoms with Gasteiger partial charge in [0, 0.05) is 58.8 Å². The maximum absolute atomic E-state index is 9.71. The number of hydrogen-bond acceptors (Lipinski definition) is 4. The normalized spacial score (nSPS) is 14.1. The fraction of sp³-hybridized carbons (Fsp3) is 0. The molecule has 0 aliphatic carbocycles. The highest BCUT2D eigenvalue weighted by molar-refractivity contribution is 7.26. The summed E-state index contributed by atoms with van der Waals surface area (Å²) in [7, 11) is 0. The molecular formula is C51H32N4S. The monoisotopic (exact) mass is 742 g/mol. The van der Waals surface area contributed by atoms with Gasteiger partial charge in [-0.05, 0) is 53.5 Å². The summed E-state index contributed by atoms with van der Waals surface area (Å²) in [5.74, 6) is 1.35. The van der Waals surface area contributed by atoms with Crippen LogP contribution in [0.3, 0.4) is 0 Å². The highest BCUT2D eigenvalue weighted by atomic mass is 32.1. The van der Waals surface area contributed by atoms with Crippen molar-refractivity contribution in [3.63, 3.8) is 0 Å². The third kappa shape index (κ3) is 5.40. The summed E-state index contributed by atoms with van der Waals surface area (Å²) in [6.45, 7) is 0. The Hall–Kier alpha value is -7.21. The zero-order valence-corrected chi connectivity index (χ0v) is 30.2. The maximum Gasteiger partial charge on any atom is 0.164 e. The van der Waals surface area contributed by atoms with Crippen LogP contribution >= 0.6 is 11.3 Å². The van der Waals surface area contributed by atoms with Crippen LogP contribution in [0.15, 0.2) is 194 Å². The molecule has 0 unspecified atom stereocenters. The first kappa shape index (κ1) is 23.5. The molecule has 0 spiro atoms. The summed E-state index contributed by atoms with van der Waals surface area (Å²) in [5, 5.41) is 2.20. The van der Waals surface area contributed by atoms with Crippen LogP contribution < -0.4 is 0 Å². The molecule has 0 saturated carbocycles. The topological polar surface area (TPSA) is 43.6 Å². The molecule has 8 aromatic carbocycles. The molecule has 0 atom stereocenters. The van der Waals surface area contributed by atoms with Gasteiger partial charge in [0.1, 0.15) is 0 Å². The molecule has 0 fully saturated rings. The van der Waals surface area contributed by atoms with E-state index in [1.54, 1.807) is 15.9 Å². The van der Waals surface area contributed by atoms with E-state index >= 15 is 0 Å². The summed E-state index contributed by atoms with van der Waals surface area (Å²) >= 11 is 1.63. The van der Waals surface area contributed by atoms with Crippen LogP contribution in [0.2, 0.25) is 0 Å². The van der Waals surface area contributed by atoms with Crippen molar-refractivity contribution in [3.05, 3.63) is 194 Å². The van der Waals surface area contributed by atoms with E-state index < -0.39 is 30.2 Å². The van der Waals surface area contributed by atoms with E-state index in [0.29, 0.717) is 34.3 Å². The Bertz CT molecular complexity index is 3750. The predicted molar refractivity (Wildman–Crippen MR) is 234 cm³/mol. The Morgan fingerprint density at radius 1 is 0.429 bits per heavy atom. The number of nitrogens with zero attached hydrogens (tertiary/aromatic N) is 4. The predicted octanol–water partition coefficient (Wildman–Crippen LogP) is 13.7. The third-order valence-electron chi connectivity index (χ3n) is 9.92. The van der Waals surface area contributed by atoms with E-state index in [2.05, 4.69) is 18.2 Å². The van der Waals surface area contributed by atoms with E-state index in [0.717, 1.165) is 36.9 Å². The van der Waals surface area contributed by atoms with Gasteiger partial charge in [0.15, 0.2) is 17.5 Å². The first-order chi connectivity index (χ1) is 31.9. The Morgan fingerprint density at radius 3 is 1.88 bits per heavy atom. The lowest BCUT2D eigenvalue weighted by Crippen LogP contribution is -2.02. The number of aromatic nitrogens is 4. The second-order valence-corrected chi connectivity index (χ2v) is 14.3. The van der Waals surface area contributed by atoms with Gasteiger partial charge in [0.05, 0.1) is 30.4 Å². The molecule has 0 aliphatic heterocycles. The van der Waals surface area contributed by atoms with Gasteiger partial charge in [-0.2, -0.15) is 0 Å². The zero-order valence-electron chi connectivity index (χ0n) is 39.4. The molecule has 3 aromatic heterocycles. The van der Waals surface area contributed by atoms with Crippen molar-refractivity contribution >= 4 is 53.3 Å². The van der Waals surface area contributed by atoms with Crippen molar-refractivity contribution in [2.75, 3.05) is 0 Å². The number of thiophene rings is 1. The Labute approximate surface area is 341 Å². The van der Waals surface area contributed by atoms with Crippen molar-refractivity contribution in [3.8, 4) is 62.1 Å². The minimum absolute atomic E-state index is 0.0412. The van der Waals surface area contributed by atoms with Gasteiger partial charge in [0.2, 0.25) is 0 Å². The molecule has 11 aromatic rings. The van der Waals surface area contributed by atoms with Crippen molar-refractivity contribution < 1.29 is 13.7 Å². The molecule has 0 N–H and O–H groups in total. The van der Waals surface area contributed by atoms with E-state index in [4.69, 9.17) is 23.2 Å². The molecule has 4 nitrogen and oxygen atoms in total. The van der Waals surface area contributed by atoms with E-state index in [9.17, 15) is 5.48 Å². The number of rotatable bonds is 6. The Balaban J connectivity index is 1.26.